The average Bonchev–Trinajstić information content (AvgIpc) is 2.93. The summed E-state index contributed by atoms with van der Waals surface area (Å²) in [6, 6.07) is 5.71. The number of aromatic nitrogens is 1. The summed E-state index contributed by atoms with van der Waals surface area (Å²) in [4.78, 5) is 4.44. The first-order chi connectivity index (χ1) is 9.36. The molecule has 1 N–H and O–H groups in total. The van der Waals surface area contributed by atoms with Crippen LogP contribution in [0.5, 0.6) is 11.5 Å². The maximum atomic E-state index is 5.55. The summed E-state index contributed by atoms with van der Waals surface area (Å²) in [6.45, 7) is 4.85. The molecule has 1 aliphatic rings. The number of hydrogen-bond acceptors (Lipinski definition) is 5. The van der Waals surface area contributed by atoms with Crippen LogP contribution >= 0.6 is 0 Å². The molecule has 2 aromatic rings. The quantitative estimate of drug-likeness (QED) is 0.913. The van der Waals surface area contributed by atoms with E-state index in [2.05, 4.69) is 17.2 Å². The van der Waals surface area contributed by atoms with Crippen molar-refractivity contribution in [3.8, 4) is 23.0 Å². The van der Waals surface area contributed by atoms with E-state index in [1.807, 2.05) is 18.2 Å². The lowest BCUT2D eigenvalue weighted by Crippen LogP contribution is -2.15. The number of hydrogen-bond donors (Lipinski definition) is 1. The van der Waals surface area contributed by atoms with Crippen LogP contribution in [0.15, 0.2) is 28.9 Å². The van der Waals surface area contributed by atoms with E-state index in [0.29, 0.717) is 25.6 Å². The maximum Gasteiger partial charge on any atom is 0.226 e. The first kappa shape index (κ1) is 12.0. The summed E-state index contributed by atoms with van der Waals surface area (Å²) in [6.07, 6.45) is 1.68. The maximum absolute atomic E-state index is 5.55. The smallest absolute Gasteiger partial charge is 0.226 e. The van der Waals surface area contributed by atoms with Crippen molar-refractivity contribution < 1.29 is 13.9 Å². The Hall–Kier alpha value is -2.01. The number of nitrogens with zero attached hydrogens (tertiary/aromatic N) is 1. The zero-order chi connectivity index (χ0) is 13.1. The average molecular weight is 260 g/mol. The van der Waals surface area contributed by atoms with Gasteiger partial charge in [-0.05, 0) is 24.7 Å². The van der Waals surface area contributed by atoms with Gasteiger partial charge in [-0.25, -0.2) is 4.98 Å². The molecule has 1 aromatic carbocycles. The Balaban J connectivity index is 1.83. The molecule has 0 saturated carbocycles. The lowest BCUT2D eigenvalue weighted by atomic mass is 10.2. The molecule has 1 aromatic heterocycles. The van der Waals surface area contributed by atoms with Crippen molar-refractivity contribution in [2.45, 2.75) is 13.5 Å². The number of benzene rings is 1. The Bertz CT molecular complexity index is 566. The predicted octanol–water partition coefficient (Wildman–Crippen LogP) is 2.22. The number of rotatable bonds is 4. The van der Waals surface area contributed by atoms with Gasteiger partial charge in [0.15, 0.2) is 11.5 Å². The van der Waals surface area contributed by atoms with Gasteiger partial charge in [0.1, 0.15) is 19.5 Å². The minimum Gasteiger partial charge on any atom is -0.486 e. The van der Waals surface area contributed by atoms with Gasteiger partial charge in [-0.15, -0.1) is 0 Å². The normalized spacial score (nSPS) is 13.5. The van der Waals surface area contributed by atoms with Crippen molar-refractivity contribution in [1.82, 2.24) is 10.3 Å². The zero-order valence-electron chi connectivity index (χ0n) is 10.8. The molecule has 0 fully saturated rings. The fourth-order valence-corrected chi connectivity index (χ4v) is 1.95. The molecule has 0 unspecified atom stereocenters. The molecule has 2 heterocycles. The molecule has 100 valence electrons. The zero-order valence-corrected chi connectivity index (χ0v) is 10.8. The summed E-state index contributed by atoms with van der Waals surface area (Å²) < 4.78 is 16.5. The third kappa shape index (κ3) is 2.56. The fourth-order valence-electron chi connectivity index (χ4n) is 1.95. The molecule has 0 bridgehead atoms. The first-order valence-electron chi connectivity index (χ1n) is 6.42. The van der Waals surface area contributed by atoms with E-state index in [4.69, 9.17) is 13.9 Å². The summed E-state index contributed by atoms with van der Waals surface area (Å²) in [5.74, 6) is 2.12. The molecule has 0 aliphatic carbocycles. The minimum atomic E-state index is 0.577. The van der Waals surface area contributed by atoms with E-state index in [1.54, 1.807) is 6.26 Å². The van der Waals surface area contributed by atoms with Crippen LogP contribution in [0.3, 0.4) is 0 Å². The number of fused-ring (bicyclic) bond motifs is 1. The lowest BCUT2D eigenvalue weighted by molar-refractivity contribution is 0.171. The van der Waals surface area contributed by atoms with Gasteiger partial charge in [-0.3, -0.25) is 0 Å². The van der Waals surface area contributed by atoms with E-state index in [9.17, 15) is 0 Å². The Morgan fingerprint density at radius 1 is 1.21 bits per heavy atom. The molecule has 0 radical (unpaired) electrons. The first-order valence-corrected chi connectivity index (χ1v) is 6.42. The molecule has 0 atom stereocenters. The van der Waals surface area contributed by atoms with Crippen LogP contribution in [0.1, 0.15) is 12.6 Å². The van der Waals surface area contributed by atoms with Crippen LogP contribution in [0.4, 0.5) is 0 Å². The molecule has 1 aliphatic heterocycles. The second-order valence-electron chi connectivity index (χ2n) is 4.28. The molecule has 5 heteroatoms. The highest BCUT2D eigenvalue weighted by atomic mass is 16.6. The highest BCUT2D eigenvalue weighted by molar-refractivity contribution is 5.60. The topological polar surface area (TPSA) is 56.5 Å². The van der Waals surface area contributed by atoms with Gasteiger partial charge in [0, 0.05) is 12.1 Å². The van der Waals surface area contributed by atoms with Gasteiger partial charge in [0.25, 0.3) is 0 Å². The SMILES string of the molecule is CCNCc1coc(-c2ccc3c(c2)OCCO3)n1. The summed E-state index contributed by atoms with van der Waals surface area (Å²) in [5, 5.41) is 3.21. The molecule has 0 amide bonds. The van der Waals surface area contributed by atoms with Crippen LogP contribution in [0.2, 0.25) is 0 Å². The second-order valence-corrected chi connectivity index (χ2v) is 4.28. The third-order valence-electron chi connectivity index (χ3n) is 2.90. The van der Waals surface area contributed by atoms with Gasteiger partial charge >= 0.3 is 0 Å². The molecule has 19 heavy (non-hydrogen) atoms. The number of nitrogens with one attached hydrogen (secondary N) is 1. The Labute approximate surface area is 111 Å². The van der Waals surface area contributed by atoms with Gasteiger partial charge in [-0.2, -0.15) is 0 Å². The van der Waals surface area contributed by atoms with Gasteiger partial charge in [0.2, 0.25) is 5.89 Å². The highest BCUT2D eigenvalue weighted by Crippen LogP contribution is 2.34. The van der Waals surface area contributed by atoms with Crippen molar-refractivity contribution >= 4 is 0 Å². The van der Waals surface area contributed by atoms with E-state index < -0.39 is 0 Å². The molecule has 5 nitrogen and oxygen atoms in total. The van der Waals surface area contributed by atoms with Gasteiger partial charge < -0.3 is 19.2 Å². The second kappa shape index (κ2) is 5.32. The van der Waals surface area contributed by atoms with Crippen molar-refractivity contribution in [3.05, 3.63) is 30.2 Å². The van der Waals surface area contributed by atoms with E-state index in [-0.39, 0.29) is 0 Å². The van der Waals surface area contributed by atoms with Crippen LogP contribution in [0, 0.1) is 0 Å². The molecular formula is C14H16N2O3. The summed E-state index contributed by atoms with van der Waals surface area (Å²) in [7, 11) is 0. The molecule has 0 spiro atoms. The van der Waals surface area contributed by atoms with E-state index in [0.717, 1.165) is 29.3 Å². The minimum absolute atomic E-state index is 0.577. The van der Waals surface area contributed by atoms with Crippen molar-refractivity contribution in [2.75, 3.05) is 19.8 Å². The van der Waals surface area contributed by atoms with Gasteiger partial charge in [0.05, 0.1) is 5.69 Å². The Kier molecular flexibility index (Phi) is 3.37. The molecule has 3 rings (SSSR count). The van der Waals surface area contributed by atoms with Crippen molar-refractivity contribution in [1.29, 1.82) is 0 Å². The largest absolute Gasteiger partial charge is 0.486 e. The fraction of sp³-hybridized carbons (Fsp3) is 0.357. The predicted molar refractivity (Wildman–Crippen MR) is 70.3 cm³/mol. The van der Waals surface area contributed by atoms with Crippen LogP contribution in [-0.2, 0) is 6.54 Å². The van der Waals surface area contributed by atoms with Gasteiger partial charge in [-0.1, -0.05) is 6.92 Å². The van der Waals surface area contributed by atoms with E-state index >= 15 is 0 Å². The molecular weight excluding hydrogens is 244 g/mol. The van der Waals surface area contributed by atoms with Crippen molar-refractivity contribution in [3.63, 3.8) is 0 Å². The van der Waals surface area contributed by atoms with Crippen LogP contribution in [-0.4, -0.2) is 24.7 Å². The number of oxazole rings is 1. The highest BCUT2D eigenvalue weighted by Gasteiger charge is 2.14. The summed E-state index contributed by atoms with van der Waals surface area (Å²) in [5.41, 5.74) is 1.79. The van der Waals surface area contributed by atoms with Crippen molar-refractivity contribution in [2.24, 2.45) is 0 Å². The number of ether oxygens (including phenoxy) is 2. The third-order valence-corrected chi connectivity index (χ3v) is 2.90. The summed E-state index contributed by atoms with van der Waals surface area (Å²) >= 11 is 0. The van der Waals surface area contributed by atoms with Crippen LogP contribution in [0.25, 0.3) is 11.5 Å². The van der Waals surface area contributed by atoms with Crippen LogP contribution < -0.4 is 14.8 Å². The van der Waals surface area contributed by atoms with E-state index in [1.165, 1.54) is 0 Å². The Morgan fingerprint density at radius 2 is 2.05 bits per heavy atom. The Morgan fingerprint density at radius 3 is 2.89 bits per heavy atom. The standard InChI is InChI=1S/C14H16N2O3/c1-2-15-8-11-9-19-14(16-11)10-3-4-12-13(7-10)18-6-5-17-12/h3-4,7,9,15H,2,5-6,8H2,1H3. The molecule has 0 saturated heterocycles. The monoisotopic (exact) mass is 260 g/mol. The lowest BCUT2D eigenvalue weighted by Gasteiger charge is -2.18.